The molecule has 2 heterocycles. The maximum absolute atomic E-state index is 4.35. The van der Waals surface area contributed by atoms with Gasteiger partial charge in [-0.1, -0.05) is 19.9 Å². The molecule has 0 N–H and O–H groups in total. The van der Waals surface area contributed by atoms with Crippen LogP contribution < -0.4 is 0 Å². The first-order valence-electron chi connectivity index (χ1n) is 4.69. The summed E-state index contributed by atoms with van der Waals surface area (Å²) in [5, 5.41) is 0. The summed E-state index contributed by atoms with van der Waals surface area (Å²) in [6.07, 6.45) is 2.03. The number of rotatable bonds is 0. The average molecular weight is 176 g/mol. The van der Waals surface area contributed by atoms with Gasteiger partial charge in [-0.3, -0.25) is 0 Å². The lowest BCUT2D eigenvalue weighted by molar-refractivity contribution is 1.04. The highest BCUT2D eigenvalue weighted by atomic mass is 15.0. The first kappa shape index (κ1) is 9.78. The minimum atomic E-state index is 1.05. The second kappa shape index (κ2) is 4.08. The molecule has 0 aliphatic carbocycles. The van der Waals surface area contributed by atoms with Crippen molar-refractivity contribution in [1.82, 2.24) is 9.38 Å². The van der Waals surface area contributed by atoms with Gasteiger partial charge in [0.05, 0.1) is 11.2 Å². The SMILES string of the molecule is CC.Cc1nc(C)n2ccccc12. The number of imidazole rings is 1. The molecule has 0 amide bonds. The van der Waals surface area contributed by atoms with E-state index in [1.807, 2.05) is 46.0 Å². The first-order valence-corrected chi connectivity index (χ1v) is 4.69. The molecule has 0 bridgehead atoms. The summed E-state index contributed by atoms with van der Waals surface area (Å²) in [5.74, 6) is 1.05. The molecule has 0 atom stereocenters. The molecule has 2 heteroatoms. The minimum Gasteiger partial charge on any atom is -0.304 e. The highest BCUT2D eigenvalue weighted by Crippen LogP contribution is 2.10. The highest BCUT2D eigenvalue weighted by Gasteiger charge is 2.00. The van der Waals surface area contributed by atoms with Gasteiger partial charge in [-0.2, -0.15) is 0 Å². The molecule has 0 aliphatic rings. The van der Waals surface area contributed by atoms with Crippen LogP contribution in [0.15, 0.2) is 24.4 Å². The van der Waals surface area contributed by atoms with Gasteiger partial charge < -0.3 is 4.40 Å². The van der Waals surface area contributed by atoms with Crippen LogP contribution in [0.3, 0.4) is 0 Å². The molecule has 0 saturated heterocycles. The normalized spacial score (nSPS) is 9.54. The van der Waals surface area contributed by atoms with Gasteiger partial charge in [0, 0.05) is 6.20 Å². The summed E-state index contributed by atoms with van der Waals surface area (Å²) in [6.45, 7) is 8.04. The average Bonchev–Trinajstić information content (AvgIpc) is 2.47. The Hall–Kier alpha value is -1.31. The fourth-order valence-corrected chi connectivity index (χ4v) is 1.37. The summed E-state index contributed by atoms with van der Waals surface area (Å²) in [4.78, 5) is 4.35. The number of nitrogens with zero attached hydrogens (tertiary/aromatic N) is 2. The van der Waals surface area contributed by atoms with E-state index in [0.29, 0.717) is 0 Å². The van der Waals surface area contributed by atoms with E-state index in [2.05, 4.69) is 15.5 Å². The molecule has 0 saturated carbocycles. The zero-order valence-corrected chi connectivity index (χ0v) is 8.70. The van der Waals surface area contributed by atoms with Crippen LogP contribution in [-0.4, -0.2) is 9.38 Å². The van der Waals surface area contributed by atoms with Crippen molar-refractivity contribution in [3.8, 4) is 0 Å². The molecule has 0 fully saturated rings. The Kier molecular flexibility index (Phi) is 3.07. The monoisotopic (exact) mass is 176 g/mol. The van der Waals surface area contributed by atoms with E-state index < -0.39 is 0 Å². The van der Waals surface area contributed by atoms with Gasteiger partial charge in [-0.05, 0) is 26.0 Å². The maximum Gasteiger partial charge on any atom is 0.110 e. The number of fused-ring (bicyclic) bond motifs is 1. The highest BCUT2D eigenvalue weighted by molar-refractivity contribution is 5.52. The zero-order valence-electron chi connectivity index (χ0n) is 8.70. The van der Waals surface area contributed by atoms with Gasteiger partial charge in [0.15, 0.2) is 0 Å². The number of aryl methyl sites for hydroxylation is 2. The molecule has 0 unspecified atom stereocenters. The zero-order chi connectivity index (χ0) is 9.84. The van der Waals surface area contributed by atoms with E-state index >= 15 is 0 Å². The largest absolute Gasteiger partial charge is 0.304 e. The second-order valence-electron chi connectivity index (χ2n) is 2.70. The van der Waals surface area contributed by atoms with Crippen molar-refractivity contribution in [3.63, 3.8) is 0 Å². The predicted octanol–water partition coefficient (Wildman–Crippen LogP) is 2.98. The van der Waals surface area contributed by atoms with Gasteiger partial charge in [-0.25, -0.2) is 4.98 Å². The third-order valence-electron chi connectivity index (χ3n) is 1.91. The fraction of sp³-hybridized carbons (Fsp3) is 0.364. The van der Waals surface area contributed by atoms with Crippen LogP contribution in [0.2, 0.25) is 0 Å². The van der Waals surface area contributed by atoms with Crippen LogP contribution in [0.25, 0.3) is 5.52 Å². The lowest BCUT2D eigenvalue weighted by atomic mass is 10.3. The summed E-state index contributed by atoms with van der Waals surface area (Å²) >= 11 is 0. The van der Waals surface area contributed by atoms with Crippen molar-refractivity contribution >= 4 is 5.52 Å². The van der Waals surface area contributed by atoms with Crippen molar-refractivity contribution in [3.05, 3.63) is 35.9 Å². The molecule has 2 aromatic heterocycles. The smallest absolute Gasteiger partial charge is 0.110 e. The Morgan fingerprint density at radius 3 is 2.46 bits per heavy atom. The molecule has 2 rings (SSSR count). The molecule has 2 aromatic rings. The second-order valence-corrected chi connectivity index (χ2v) is 2.70. The summed E-state index contributed by atoms with van der Waals surface area (Å²) in [5.41, 5.74) is 2.30. The van der Waals surface area contributed by atoms with Gasteiger partial charge >= 0.3 is 0 Å². The molecule has 0 radical (unpaired) electrons. The van der Waals surface area contributed by atoms with Crippen LogP contribution in [0.4, 0.5) is 0 Å². The van der Waals surface area contributed by atoms with Gasteiger partial charge in [-0.15, -0.1) is 0 Å². The van der Waals surface area contributed by atoms with Gasteiger partial charge in [0.2, 0.25) is 0 Å². The topological polar surface area (TPSA) is 17.3 Å². The number of aromatic nitrogens is 2. The molecule has 70 valence electrons. The molecule has 13 heavy (non-hydrogen) atoms. The van der Waals surface area contributed by atoms with Crippen molar-refractivity contribution < 1.29 is 0 Å². The molecule has 0 aromatic carbocycles. The van der Waals surface area contributed by atoms with E-state index in [0.717, 1.165) is 11.5 Å². The third-order valence-corrected chi connectivity index (χ3v) is 1.91. The van der Waals surface area contributed by atoms with Gasteiger partial charge in [0.25, 0.3) is 0 Å². The Morgan fingerprint density at radius 2 is 1.85 bits per heavy atom. The number of hydrogen-bond donors (Lipinski definition) is 0. The van der Waals surface area contributed by atoms with Crippen LogP contribution in [0, 0.1) is 13.8 Å². The molecular weight excluding hydrogens is 160 g/mol. The van der Waals surface area contributed by atoms with Crippen molar-refractivity contribution in [2.24, 2.45) is 0 Å². The van der Waals surface area contributed by atoms with Crippen molar-refractivity contribution in [2.45, 2.75) is 27.7 Å². The third kappa shape index (κ3) is 1.72. The Labute approximate surface area is 79.2 Å². The van der Waals surface area contributed by atoms with E-state index in [4.69, 9.17) is 0 Å². The van der Waals surface area contributed by atoms with Crippen LogP contribution in [0.1, 0.15) is 25.4 Å². The predicted molar refractivity (Wildman–Crippen MR) is 56.0 cm³/mol. The first-order chi connectivity index (χ1) is 6.29. The molecule has 0 aliphatic heterocycles. The minimum absolute atomic E-state index is 1.05. The number of hydrogen-bond acceptors (Lipinski definition) is 1. The van der Waals surface area contributed by atoms with Crippen LogP contribution >= 0.6 is 0 Å². The van der Waals surface area contributed by atoms with E-state index in [9.17, 15) is 0 Å². The van der Waals surface area contributed by atoms with E-state index in [-0.39, 0.29) is 0 Å². The van der Waals surface area contributed by atoms with Crippen LogP contribution in [-0.2, 0) is 0 Å². The standard InChI is InChI=1S/C9H10N2.C2H6/c1-7-9-5-3-4-6-11(9)8(2)10-7;1-2/h3-6H,1-2H3;1-2H3. The van der Waals surface area contributed by atoms with Crippen LogP contribution in [0.5, 0.6) is 0 Å². The van der Waals surface area contributed by atoms with E-state index in [1.165, 1.54) is 5.52 Å². The fourth-order valence-electron chi connectivity index (χ4n) is 1.37. The Bertz CT molecular complexity index is 352. The van der Waals surface area contributed by atoms with Crippen molar-refractivity contribution in [1.29, 1.82) is 0 Å². The lowest BCUT2D eigenvalue weighted by Gasteiger charge is -1.92. The molecule has 2 nitrogen and oxygen atoms in total. The lowest BCUT2D eigenvalue weighted by Crippen LogP contribution is -1.84. The molecule has 0 spiro atoms. The summed E-state index contributed by atoms with van der Waals surface area (Å²) in [7, 11) is 0. The van der Waals surface area contributed by atoms with E-state index in [1.54, 1.807) is 0 Å². The summed E-state index contributed by atoms with van der Waals surface area (Å²) in [6, 6.07) is 6.12. The van der Waals surface area contributed by atoms with Crippen molar-refractivity contribution in [2.75, 3.05) is 0 Å². The van der Waals surface area contributed by atoms with Gasteiger partial charge in [0.1, 0.15) is 5.82 Å². The quantitative estimate of drug-likeness (QED) is 0.603. The molecular formula is C11H16N2. The Morgan fingerprint density at radius 1 is 1.15 bits per heavy atom. The summed E-state index contributed by atoms with van der Waals surface area (Å²) < 4.78 is 2.09. The Balaban J connectivity index is 0.000000396. The number of pyridine rings is 1. The maximum atomic E-state index is 4.35.